The van der Waals surface area contributed by atoms with Gasteiger partial charge >= 0.3 is 0 Å². The van der Waals surface area contributed by atoms with Crippen LogP contribution >= 0.6 is 0 Å². The van der Waals surface area contributed by atoms with Gasteiger partial charge in [0.05, 0.1) is 11.8 Å². The van der Waals surface area contributed by atoms with E-state index in [1.165, 1.54) is 4.90 Å². The molecule has 0 saturated heterocycles. The maximum absolute atomic E-state index is 12.5. The molecule has 2 amide bonds. The topological polar surface area (TPSA) is 67.9 Å². The van der Waals surface area contributed by atoms with Crippen LogP contribution in [0.15, 0.2) is 48.5 Å². The van der Waals surface area contributed by atoms with Gasteiger partial charge in [-0.3, -0.25) is 14.5 Å². The number of benzene rings is 2. The summed E-state index contributed by atoms with van der Waals surface area (Å²) in [5.41, 5.74) is 1.23. The molecule has 1 aliphatic rings. The Kier molecular flexibility index (Phi) is 5.64. The molecule has 2 aromatic rings. The Labute approximate surface area is 159 Å². The van der Waals surface area contributed by atoms with E-state index in [0.29, 0.717) is 22.9 Å². The first-order chi connectivity index (χ1) is 13.0. The Morgan fingerprint density at radius 1 is 1.26 bits per heavy atom. The lowest BCUT2D eigenvalue weighted by Gasteiger charge is -2.32. The summed E-state index contributed by atoms with van der Waals surface area (Å²) in [6.45, 7) is 5.64. The third-order valence-electron chi connectivity index (χ3n) is 4.41. The third-order valence-corrected chi connectivity index (χ3v) is 4.41. The zero-order chi connectivity index (χ0) is 19.4. The molecule has 2 unspecified atom stereocenters. The highest BCUT2D eigenvalue weighted by molar-refractivity contribution is 6.06. The van der Waals surface area contributed by atoms with Gasteiger partial charge in [0.1, 0.15) is 18.0 Å². The second-order valence-corrected chi connectivity index (χ2v) is 6.56. The monoisotopic (exact) mass is 368 g/mol. The van der Waals surface area contributed by atoms with Crippen molar-refractivity contribution in [3.05, 3.63) is 48.5 Å². The fourth-order valence-electron chi connectivity index (χ4n) is 2.83. The Bertz CT molecular complexity index is 836. The van der Waals surface area contributed by atoms with Crippen LogP contribution in [0.3, 0.4) is 0 Å². The smallest absolute Gasteiger partial charge is 0.268 e. The van der Waals surface area contributed by atoms with Crippen LogP contribution in [0, 0.1) is 0 Å². The number of para-hydroxylation sites is 2. The predicted molar refractivity (Wildman–Crippen MR) is 104 cm³/mol. The minimum absolute atomic E-state index is 0.0833. The zero-order valence-corrected chi connectivity index (χ0v) is 15.8. The van der Waals surface area contributed by atoms with Gasteiger partial charge in [-0.1, -0.05) is 25.1 Å². The number of rotatable bonds is 6. The van der Waals surface area contributed by atoms with E-state index in [0.717, 1.165) is 6.42 Å². The number of fused-ring (bicyclic) bond motifs is 1. The predicted octanol–water partition coefficient (Wildman–Crippen LogP) is 3.62. The van der Waals surface area contributed by atoms with Crippen LogP contribution in [0.25, 0.3) is 0 Å². The molecule has 27 heavy (non-hydrogen) atoms. The molecular weight excluding hydrogens is 344 g/mol. The maximum Gasteiger partial charge on any atom is 0.268 e. The quantitative estimate of drug-likeness (QED) is 0.846. The molecule has 6 heteroatoms. The van der Waals surface area contributed by atoms with E-state index in [1.807, 2.05) is 31.2 Å². The van der Waals surface area contributed by atoms with Crippen LogP contribution in [0.1, 0.15) is 27.2 Å². The first kappa shape index (κ1) is 18.8. The molecule has 0 bridgehead atoms. The highest BCUT2D eigenvalue weighted by Gasteiger charge is 2.32. The van der Waals surface area contributed by atoms with Crippen molar-refractivity contribution in [3.8, 4) is 11.5 Å². The largest absolute Gasteiger partial charge is 0.491 e. The van der Waals surface area contributed by atoms with Crippen molar-refractivity contribution in [2.24, 2.45) is 0 Å². The van der Waals surface area contributed by atoms with Crippen molar-refractivity contribution >= 4 is 23.2 Å². The molecule has 0 spiro atoms. The maximum atomic E-state index is 12.5. The van der Waals surface area contributed by atoms with E-state index >= 15 is 0 Å². The average molecular weight is 368 g/mol. The molecule has 2 aromatic carbocycles. The zero-order valence-electron chi connectivity index (χ0n) is 15.8. The molecule has 142 valence electrons. The second kappa shape index (κ2) is 8.12. The number of hydrogen-bond acceptors (Lipinski definition) is 4. The van der Waals surface area contributed by atoms with E-state index in [-0.39, 0.29) is 24.5 Å². The van der Waals surface area contributed by atoms with Gasteiger partial charge in [-0.05, 0) is 44.5 Å². The van der Waals surface area contributed by atoms with Crippen molar-refractivity contribution in [3.63, 3.8) is 0 Å². The summed E-state index contributed by atoms with van der Waals surface area (Å²) < 4.78 is 11.4. The molecule has 3 rings (SSSR count). The summed E-state index contributed by atoms with van der Waals surface area (Å²) in [5.74, 6) is 0.774. The first-order valence-electron chi connectivity index (χ1n) is 9.11. The number of ether oxygens (including phenoxy) is 2. The first-order valence-corrected chi connectivity index (χ1v) is 9.11. The molecular formula is C21H24N2O4. The van der Waals surface area contributed by atoms with Gasteiger partial charge in [0.15, 0.2) is 6.10 Å². The lowest BCUT2D eigenvalue weighted by Crippen LogP contribution is -2.47. The number of nitrogens with zero attached hydrogens (tertiary/aromatic N) is 1. The summed E-state index contributed by atoms with van der Waals surface area (Å²) in [6.07, 6.45) is 0.368. The van der Waals surface area contributed by atoms with E-state index < -0.39 is 6.10 Å². The molecule has 1 N–H and O–H groups in total. The second-order valence-electron chi connectivity index (χ2n) is 6.56. The van der Waals surface area contributed by atoms with Crippen LogP contribution in [0.4, 0.5) is 11.4 Å². The number of anilines is 2. The van der Waals surface area contributed by atoms with Gasteiger partial charge in [-0.15, -0.1) is 0 Å². The lowest BCUT2D eigenvalue weighted by atomic mass is 10.2. The summed E-state index contributed by atoms with van der Waals surface area (Å²) in [5, 5.41) is 2.83. The number of carbonyl (C=O) groups is 2. The van der Waals surface area contributed by atoms with E-state index in [1.54, 1.807) is 31.2 Å². The van der Waals surface area contributed by atoms with Crippen LogP contribution in [0.2, 0.25) is 0 Å². The van der Waals surface area contributed by atoms with E-state index in [4.69, 9.17) is 9.47 Å². The van der Waals surface area contributed by atoms with Crippen molar-refractivity contribution in [2.75, 3.05) is 16.8 Å². The minimum atomic E-state index is -0.625. The molecule has 0 aromatic heterocycles. The van der Waals surface area contributed by atoms with Gasteiger partial charge in [-0.2, -0.15) is 0 Å². The highest BCUT2D eigenvalue weighted by atomic mass is 16.5. The summed E-state index contributed by atoms with van der Waals surface area (Å²) >= 11 is 0. The average Bonchev–Trinajstić information content (AvgIpc) is 2.65. The highest BCUT2D eigenvalue weighted by Crippen LogP contribution is 2.33. The van der Waals surface area contributed by atoms with Crippen molar-refractivity contribution in [1.29, 1.82) is 0 Å². The Morgan fingerprint density at radius 3 is 2.81 bits per heavy atom. The van der Waals surface area contributed by atoms with Crippen LogP contribution in [-0.2, 0) is 9.59 Å². The van der Waals surface area contributed by atoms with Crippen molar-refractivity contribution in [2.45, 2.75) is 39.4 Å². The number of nitrogens with one attached hydrogen (secondary N) is 1. The molecule has 2 atom stereocenters. The van der Waals surface area contributed by atoms with Gasteiger partial charge in [0, 0.05) is 11.8 Å². The van der Waals surface area contributed by atoms with E-state index in [2.05, 4.69) is 12.2 Å². The SMILES string of the molecule is CCC(C)Oc1cccc(NC(=O)CN2C(=O)C(C)Oc3ccccc32)c1. The number of carbonyl (C=O) groups excluding carboxylic acids is 2. The summed E-state index contributed by atoms with van der Waals surface area (Å²) in [4.78, 5) is 26.5. The third kappa shape index (κ3) is 4.39. The Hall–Kier alpha value is -3.02. The fourth-order valence-corrected chi connectivity index (χ4v) is 2.83. The molecule has 0 fully saturated rings. The Balaban J connectivity index is 1.71. The van der Waals surface area contributed by atoms with Gasteiger partial charge in [0.2, 0.25) is 5.91 Å². The molecule has 1 aliphatic heterocycles. The van der Waals surface area contributed by atoms with Crippen LogP contribution < -0.4 is 19.7 Å². The van der Waals surface area contributed by atoms with Crippen molar-refractivity contribution < 1.29 is 19.1 Å². The molecule has 1 heterocycles. The van der Waals surface area contributed by atoms with Gasteiger partial charge in [-0.25, -0.2) is 0 Å². The summed E-state index contributed by atoms with van der Waals surface area (Å²) in [7, 11) is 0. The lowest BCUT2D eigenvalue weighted by molar-refractivity contribution is -0.127. The summed E-state index contributed by atoms with van der Waals surface area (Å²) in [6, 6.07) is 14.5. The number of hydrogen-bond donors (Lipinski definition) is 1. The van der Waals surface area contributed by atoms with Crippen LogP contribution in [0.5, 0.6) is 11.5 Å². The molecule has 0 saturated carbocycles. The standard InChI is InChI=1S/C21H24N2O4/c1-4-14(2)26-17-9-7-8-16(12-17)22-20(24)13-23-18-10-5-6-11-19(18)27-15(3)21(23)25/h5-12,14-15H,4,13H2,1-3H3,(H,22,24). The van der Waals surface area contributed by atoms with Gasteiger partial charge in [0.25, 0.3) is 5.91 Å². The van der Waals surface area contributed by atoms with Crippen LogP contribution in [-0.4, -0.2) is 30.6 Å². The van der Waals surface area contributed by atoms with Gasteiger partial charge < -0.3 is 14.8 Å². The minimum Gasteiger partial charge on any atom is -0.491 e. The van der Waals surface area contributed by atoms with E-state index in [9.17, 15) is 9.59 Å². The molecule has 0 aliphatic carbocycles. The number of amides is 2. The van der Waals surface area contributed by atoms with Crippen molar-refractivity contribution in [1.82, 2.24) is 0 Å². The normalized spacial score (nSPS) is 16.9. The molecule has 6 nitrogen and oxygen atoms in total. The Morgan fingerprint density at radius 2 is 2.04 bits per heavy atom. The molecule has 0 radical (unpaired) electrons. The fraction of sp³-hybridized carbons (Fsp3) is 0.333.